The molecule has 0 saturated carbocycles. The first-order valence-electron chi connectivity index (χ1n) is 3.80. The summed E-state index contributed by atoms with van der Waals surface area (Å²) in [6.45, 7) is 0. The van der Waals surface area contributed by atoms with Gasteiger partial charge < -0.3 is 5.11 Å². The molecule has 1 heterocycles. The molecule has 2 aromatic rings. The molecule has 0 aliphatic rings. The molecule has 0 unspecified atom stereocenters. The maximum atomic E-state index is 9.55. The maximum absolute atomic E-state index is 9.55. The van der Waals surface area contributed by atoms with Crippen LogP contribution in [0, 0.1) is 0 Å². The number of benzene rings is 1. The molecule has 1 nitrogen and oxygen atoms in total. The first-order chi connectivity index (χ1) is 6.27. The van der Waals surface area contributed by atoms with Gasteiger partial charge in [0.25, 0.3) is 0 Å². The Balaban J connectivity index is 2.57. The van der Waals surface area contributed by atoms with Crippen LogP contribution in [0.15, 0.2) is 35.7 Å². The number of phenolic OH excluding ortho intramolecular Hbond substituents is 1. The summed E-state index contributed by atoms with van der Waals surface area (Å²) in [7, 11) is 0. The smallest absolute Gasteiger partial charge is 0.124 e. The maximum Gasteiger partial charge on any atom is 0.124 e. The van der Waals surface area contributed by atoms with Gasteiger partial charge in [0, 0.05) is 15.5 Å². The van der Waals surface area contributed by atoms with E-state index in [0.29, 0.717) is 5.02 Å². The summed E-state index contributed by atoms with van der Waals surface area (Å²) in [5.41, 5.74) is 0.794. The van der Waals surface area contributed by atoms with Crippen molar-refractivity contribution in [2.45, 2.75) is 0 Å². The van der Waals surface area contributed by atoms with Crippen LogP contribution in [-0.2, 0) is 0 Å². The minimum atomic E-state index is 0.270. The Bertz CT molecular complexity index is 409. The Morgan fingerprint density at radius 2 is 2.08 bits per heavy atom. The van der Waals surface area contributed by atoms with Crippen LogP contribution < -0.4 is 0 Å². The first kappa shape index (κ1) is 8.60. The minimum absolute atomic E-state index is 0.270. The monoisotopic (exact) mass is 210 g/mol. The molecule has 1 aromatic carbocycles. The highest BCUT2D eigenvalue weighted by Crippen LogP contribution is 2.34. The van der Waals surface area contributed by atoms with E-state index >= 15 is 0 Å². The average molecular weight is 211 g/mol. The molecule has 0 bridgehead atoms. The number of halogens is 1. The second-order valence-electron chi connectivity index (χ2n) is 2.64. The van der Waals surface area contributed by atoms with Gasteiger partial charge in [0.1, 0.15) is 5.75 Å². The van der Waals surface area contributed by atoms with Crippen LogP contribution >= 0.6 is 22.9 Å². The molecule has 0 fully saturated rings. The van der Waals surface area contributed by atoms with Gasteiger partial charge in [-0.3, -0.25) is 0 Å². The lowest BCUT2D eigenvalue weighted by Gasteiger charge is -2.01. The predicted octanol–water partition coefficient (Wildman–Crippen LogP) is 3.77. The molecule has 13 heavy (non-hydrogen) atoms. The summed E-state index contributed by atoms with van der Waals surface area (Å²) >= 11 is 7.41. The summed E-state index contributed by atoms with van der Waals surface area (Å²) in [5, 5.41) is 12.2. The highest BCUT2D eigenvalue weighted by molar-refractivity contribution is 7.13. The van der Waals surface area contributed by atoms with Gasteiger partial charge in [-0.25, -0.2) is 0 Å². The van der Waals surface area contributed by atoms with Crippen molar-refractivity contribution in [1.29, 1.82) is 0 Å². The molecule has 0 amide bonds. The van der Waals surface area contributed by atoms with Crippen LogP contribution in [0.4, 0.5) is 0 Å². The van der Waals surface area contributed by atoms with Crippen molar-refractivity contribution in [3.8, 4) is 16.2 Å². The Morgan fingerprint density at radius 1 is 1.23 bits per heavy atom. The van der Waals surface area contributed by atoms with Gasteiger partial charge in [-0.1, -0.05) is 17.7 Å². The zero-order valence-corrected chi connectivity index (χ0v) is 8.27. The lowest BCUT2D eigenvalue weighted by atomic mass is 10.2. The number of rotatable bonds is 1. The van der Waals surface area contributed by atoms with Gasteiger partial charge >= 0.3 is 0 Å². The van der Waals surface area contributed by atoms with Crippen molar-refractivity contribution >= 4 is 22.9 Å². The van der Waals surface area contributed by atoms with E-state index in [0.717, 1.165) is 10.4 Å². The topological polar surface area (TPSA) is 20.2 Å². The van der Waals surface area contributed by atoms with Crippen molar-refractivity contribution in [2.24, 2.45) is 0 Å². The van der Waals surface area contributed by atoms with E-state index in [1.54, 1.807) is 29.5 Å². The van der Waals surface area contributed by atoms with Gasteiger partial charge in [-0.2, -0.15) is 0 Å². The fourth-order valence-electron chi connectivity index (χ4n) is 1.14. The highest BCUT2D eigenvalue weighted by Gasteiger charge is 2.04. The van der Waals surface area contributed by atoms with Crippen molar-refractivity contribution < 1.29 is 5.11 Å². The van der Waals surface area contributed by atoms with Gasteiger partial charge in [0.2, 0.25) is 0 Å². The van der Waals surface area contributed by atoms with E-state index < -0.39 is 0 Å². The third-order valence-corrected chi connectivity index (χ3v) is 2.88. The fraction of sp³-hybridized carbons (Fsp3) is 0. The average Bonchev–Trinajstić information content (AvgIpc) is 2.61. The molecule has 1 N–H and O–H groups in total. The van der Waals surface area contributed by atoms with Crippen molar-refractivity contribution in [3.63, 3.8) is 0 Å². The second-order valence-corrected chi connectivity index (χ2v) is 4.02. The lowest BCUT2D eigenvalue weighted by Crippen LogP contribution is -1.74. The third-order valence-electron chi connectivity index (χ3n) is 1.75. The first-order valence-corrected chi connectivity index (χ1v) is 5.05. The summed E-state index contributed by atoms with van der Waals surface area (Å²) in [4.78, 5) is 1.03. The Labute approximate surface area is 85.2 Å². The zero-order chi connectivity index (χ0) is 9.26. The van der Waals surface area contributed by atoms with Crippen LogP contribution in [0.1, 0.15) is 0 Å². The number of thiophene rings is 1. The van der Waals surface area contributed by atoms with E-state index in [1.165, 1.54) is 0 Å². The molecule has 0 aliphatic carbocycles. The molecule has 0 spiro atoms. The molecule has 2 rings (SSSR count). The standard InChI is InChI=1S/C10H7ClOS/c11-7-3-4-9(12)8(6-7)10-2-1-5-13-10/h1-6,12H. The third kappa shape index (κ3) is 1.69. The SMILES string of the molecule is Oc1ccc(Cl)cc1-c1cccs1. The van der Waals surface area contributed by atoms with E-state index in [9.17, 15) is 5.11 Å². The van der Waals surface area contributed by atoms with Crippen LogP contribution in [-0.4, -0.2) is 5.11 Å². The van der Waals surface area contributed by atoms with Gasteiger partial charge in [0.05, 0.1) is 0 Å². The molecule has 0 radical (unpaired) electrons. The molecular weight excluding hydrogens is 204 g/mol. The molecule has 0 aliphatic heterocycles. The number of hydrogen-bond acceptors (Lipinski definition) is 2. The Hall–Kier alpha value is -0.990. The van der Waals surface area contributed by atoms with Crippen molar-refractivity contribution in [2.75, 3.05) is 0 Å². The van der Waals surface area contributed by atoms with Gasteiger partial charge in [0.15, 0.2) is 0 Å². The summed E-state index contributed by atoms with van der Waals surface area (Å²) < 4.78 is 0. The summed E-state index contributed by atoms with van der Waals surface area (Å²) in [6.07, 6.45) is 0. The normalized spacial score (nSPS) is 10.2. The van der Waals surface area contributed by atoms with Crippen LogP contribution in [0.5, 0.6) is 5.75 Å². The largest absolute Gasteiger partial charge is 0.507 e. The lowest BCUT2D eigenvalue weighted by molar-refractivity contribution is 0.477. The number of aromatic hydroxyl groups is 1. The predicted molar refractivity (Wildman–Crippen MR) is 56.4 cm³/mol. The second kappa shape index (κ2) is 3.40. The van der Waals surface area contributed by atoms with Crippen LogP contribution in [0.2, 0.25) is 5.02 Å². The van der Waals surface area contributed by atoms with Gasteiger partial charge in [-0.15, -0.1) is 11.3 Å². The van der Waals surface area contributed by atoms with Crippen LogP contribution in [0.3, 0.4) is 0 Å². The molecule has 0 saturated heterocycles. The zero-order valence-electron chi connectivity index (χ0n) is 6.70. The fourth-order valence-corrected chi connectivity index (χ4v) is 2.06. The quantitative estimate of drug-likeness (QED) is 0.760. The Morgan fingerprint density at radius 3 is 2.77 bits per heavy atom. The summed E-state index contributed by atoms with van der Waals surface area (Å²) in [6, 6.07) is 8.95. The minimum Gasteiger partial charge on any atom is -0.507 e. The van der Waals surface area contributed by atoms with E-state index in [4.69, 9.17) is 11.6 Å². The number of phenols is 1. The van der Waals surface area contributed by atoms with Crippen LogP contribution in [0.25, 0.3) is 10.4 Å². The van der Waals surface area contributed by atoms with E-state index in [2.05, 4.69) is 0 Å². The Kier molecular flexibility index (Phi) is 2.25. The van der Waals surface area contributed by atoms with Gasteiger partial charge in [-0.05, 0) is 29.6 Å². The molecule has 3 heteroatoms. The molecular formula is C10H7ClOS. The molecule has 1 aromatic heterocycles. The molecule has 0 atom stereocenters. The van der Waals surface area contributed by atoms with E-state index in [-0.39, 0.29) is 5.75 Å². The number of hydrogen-bond donors (Lipinski definition) is 1. The van der Waals surface area contributed by atoms with Crippen molar-refractivity contribution in [3.05, 3.63) is 40.7 Å². The van der Waals surface area contributed by atoms with E-state index in [1.807, 2.05) is 17.5 Å². The van der Waals surface area contributed by atoms with Crippen molar-refractivity contribution in [1.82, 2.24) is 0 Å². The summed E-state index contributed by atoms with van der Waals surface area (Å²) in [5.74, 6) is 0.270. The highest BCUT2D eigenvalue weighted by atomic mass is 35.5. The molecule has 66 valence electrons.